The van der Waals surface area contributed by atoms with Gasteiger partial charge in [-0.05, 0) is 36.7 Å². The number of methoxy groups -OCH3 is 1. The first-order valence-corrected chi connectivity index (χ1v) is 9.25. The molecular formula is C22H31NO2. The molecule has 0 spiro atoms. The van der Waals surface area contributed by atoms with Crippen LogP contribution in [0.15, 0.2) is 48.5 Å². The molecule has 0 radical (unpaired) electrons. The summed E-state index contributed by atoms with van der Waals surface area (Å²) in [6, 6.07) is 16.8. The molecular weight excluding hydrogens is 310 g/mol. The van der Waals surface area contributed by atoms with Gasteiger partial charge in [-0.3, -0.25) is 4.90 Å². The fraction of sp³-hybridized carbons (Fsp3) is 0.455. The van der Waals surface area contributed by atoms with Gasteiger partial charge in [0.05, 0.1) is 13.7 Å². The highest BCUT2D eigenvalue weighted by Crippen LogP contribution is 2.29. The molecule has 0 heterocycles. The Balaban J connectivity index is 1.89. The molecule has 2 aromatic carbocycles. The third-order valence-electron chi connectivity index (χ3n) is 4.23. The van der Waals surface area contributed by atoms with Crippen molar-refractivity contribution in [3.63, 3.8) is 0 Å². The molecule has 0 aliphatic carbocycles. The molecule has 0 aliphatic rings. The summed E-state index contributed by atoms with van der Waals surface area (Å²) in [5, 5.41) is 0. The van der Waals surface area contributed by atoms with E-state index in [1.165, 1.54) is 30.4 Å². The maximum atomic E-state index is 5.89. The van der Waals surface area contributed by atoms with Gasteiger partial charge in [-0.25, -0.2) is 0 Å². The van der Waals surface area contributed by atoms with Gasteiger partial charge in [0.2, 0.25) is 0 Å². The molecule has 0 saturated carbocycles. The second kappa shape index (κ2) is 10.8. The molecule has 0 N–H and O–H groups in total. The molecule has 3 heteroatoms. The fourth-order valence-electron chi connectivity index (χ4n) is 2.90. The summed E-state index contributed by atoms with van der Waals surface area (Å²) in [4.78, 5) is 2.30. The van der Waals surface area contributed by atoms with E-state index in [0.717, 1.165) is 37.6 Å². The van der Waals surface area contributed by atoms with E-state index >= 15 is 0 Å². The van der Waals surface area contributed by atoms with Gasteiger partial charge in [0, 0.05) is 13.1 Å². The van der Waals surface area contributed by atoms with Gasteiger partial charge in [0.25, 0.3) is 0 Å². The Labute approximate surface area is 152 Å². The van der Waals surface area contributed by atoms with E-state index in [0.29, 0.717) is 0 Å². The fourth-order valence-corrected chi connectivity index (χ4v) is 2.90. The predicted octanol–water partition coefficient (Wildman–Crippen LogP) is 5.29. The van der Waals surface area contributed by atoms with E-state index in [1.807, 2.05) is 6.07 Å². The van der Waals surface area contributed by atoms with Gasteiger partial charge < -0.3 is 9.47 Å². The first-order valence-electron chi connectivity index (χ1n) is 9.25. The molecule has 0 atom stereocenters. The van der Waals surface area contributed by atoms with Crippen molar-refractivity contribution < 1.29 is 9.47 Å². The van der Waals surface area contributed by atoms with Crippen molar-refractivity contribution in [1.29, 1.82) is 0 Å². The lowest BCUT2D eigenvalue weighted by atomic mass is 10.1. The molecule has 0 fully saturated rings. The van der Waals surface area contributed by atoms with Gasteiger partial charge >= 0.3 is 0 Å². The summed E-state index contributed by atoms with van der Waals surface area (Å²) in [6.07, 6.45) is 4.83. The highest BCUT2D eigenvalue weighted by Gasteiger charge is 2.08. The summed E-state index contributed by atoms with van der Waals surface area (Å²) in [5.41, 5.74) is 2.55. The Morgan fingerprint density at radius 1 is 0.840 bits per heavy atom. The van der Waals surface area contributed by atoms with E-state index in [-0.39, 0.29) is 0 Å². The lowest BCUT2D eigenvalue weighted by Gasteiger charge is -2.18. The average Bonchev–Trinajstić information content (AvgIpc) is 2.63. The van der Waals surface area contributed by atoms with Crippen LogP contribution in [0.3, 0.4) is 0 Å². The zero-order valence-electron chi connectivity index (χ0n) is 15.8. The number of unbranched alkanes of at least 4 members (excludes halogenated alkanes) is 3. The molecule has 0 bridgehead atoms. The Morgan fingerprint density at radius 3 is 2.32 bits per heavy atom. The highest BCUT2D eigenvalue weighted by atomic mass is 16.5. The minimum absolute atomic E-state index is 0.754. The SMILES string of the molecule is CCCCCCOc1ccc(CN(C)Cc2ccccc2)cc1OC. The minimum atomic E-state index is 0.754. The standard InChI is InChI=1S/C22H31NO2/c1-4-5-6-10-15-25-21-14-13-20(16-22(21)24-3)18-23(2)17-19-11-8-7-9-12-19/h7-9,11-14,16H,4-6,10,15,17-18H2,1-3H3. The monoisotopic (exact) mass is 341 g/mol. The third kappa shape index (κ3) is 6.79. The summed E-state index contributed by atoms with van der Waals surface area (Å²) in [5.74, 6) is 1.66. The van der Waals surface area contributed by atoms with Crippen molar-refractivity contribution in [2.24, 2.45) is 0 Å². The molecule has 0 aromatic heterocycles. The summed E-state index contributed by atoms with van der Waals surface area (Å²) >= 11 is 0. The first-order chi connectivity index (χ1) is 12.2. The van der Waals surface area contributed by atoms with Crippen LogP contribution in [-0.2, 0) is 13.1 Å². The van der Waals surface area contributed by atoms with Gasteiger partial charge in [-0.1, -0.05) is 62.6 Å². The Morgan fingerprint density at radius 2 is 1.60 bits per heavy atom. The topological polar surface area (TPSA) is 21.7 Å². The summed E-state index contributed by atoms with van der Waals surface area (Å²) < 4.78 is 11.4. The second-order valence-corrected chi connectivity index (χ2v) is 6.55. The van der Waals surface area contributed by atoms with E-state index in [1.54, 1.807) is 7.11 Å². The predicted molar refractivity (Wildman–Crippen MR) is 104 cm³/mol. The maximum absolute atomic E-state index is 5.89. The minimum Gasteiger partial charge on any atom is -0.493 e. The van der Waals surface area contributed by atoms with Crippen LogP contribution >= 0.6 is 0 Å². The van der Waals surface area contributed by atoms with Crippen molar-refractivity contribution in [3.8, 4) is 11.5 Å². The number of hydrogen-bond donors (Lipinski definition) is 0. The molecule has 3 nitrogen and oxygen atoms in total. The van der Waals surface area contributed by atoms with E-state index in [4.69, 9.17) is 9.47 Å². The molecule has 25 heavy (non-hydrogen) atoms. The quantitative estimate of drug-likeness (QED) is 0.519. The van der Waals surface area contributed by atoms with Crippen molar-refractivity contribution in [3.05, 3.63) is 59.7 Å². The normalized spacial score (nSPS) is 10.9. The summed E-state index contributed by atoms with van der Waals surface area (Å²) in [6.45, 7) is 4.78. The zero-order chi connectivity index (χ0) is 17.9. The van der Waals surface area contributed by atoms with Crippen molar-refractivity contribution in [2.45, 2.75) is 45.7 Å². The van der Waals surface area contributed by atoms with E-state index in [2.05, 4.69) is 61.3 Å². The molecule has 2 rings (SSSR count). The molecule has 0 saturated heterocycles. The molecule has 2 aromatic rings. The number of ether oxygens (including phenoxy) is 2. The molecule has 0 unspecified atom stereocenters. The first kappa shape index (κ1) is 19.3. The van der Waals surface area contributed by atoms with Crippen molar-refractivity contribution >= 4 is 0 Å². The van der Waals surface area contributed by atoms with E-state index in [9.17, 15) is 0 Å². The van der Waals surface area contributed by atoms with Crippen LogP contribution in [0, 0.1) is 0 Å². The van der Waals surface area contributed by atoms with Crippen LogP contribution in [0.5, 0.6) is 11.5 Å². The second-order valence-electron chi connectivity index (χ2n) is 6.55. The Bertz CT molecular complexity index is 613. The number of hydrogen-bond acceptors (Lipinski definition) is 3. The van der Waals surface area contributed by atoms with E-state index < -0.39 is 0 Å². The van der Waals surface area contributed by atoms with Crippen LogP contribution in [-0.4, -0.2) is 25.7 Å². The molecule has 0 amide bonds. The van der Waals surface area contributed by atoms with Crippen LogP contribution in [0.4, 0.5) is 0 Å². The average molecular weight is 341 g/mol. The van der Waals surface area contributed by atoms with Gasteiger partial charge in [-0.2, -0.15) is 0 Å². The molecule has 0 aliphatic heterocycles. The number of benzene rings is 2. The van der Waals surface area contributed by atoms with Gasteiger partial charge in [0.1, 0.15) is 0 Å². The third-order valence-corrected chi connectivity index (χ3v) is 4.23. The van der Waals surface area contributed by atoms with Crippen molar-refractivity contribution in [2.75, 3.05) is 20.8 Å². The van der Waals surface area contributed by atoms with Gasteiger partial charge in [-0.15, -0.1) is 0 Å². The lowest BCUT2D eigenvalue weighted by Crippen LogP contribution is -2.17. The van der Waals surface area contributed by atoms with Crippen LogP contribution in [0.2, 0.25) is 0 Å². The van der Waals surface area contributed by atoms with Crippen LogP contribution < -0.4 is 9.47 Å². The number of rotatable bonds is 11. The highest BCUT2D eigenvalue weighted by molar-refractivity contribution is 5.43. The molecule has 136 valence electrons. The Kier molecular flexibility index (Phi) is 8.33. The zero-order valence-corrected chi connectivity index (χ0v) is 15.8. The lowest BCUT2D eigenvalue weighted by molar-refractivity contribution is 0.283. The van der Waals surface area contributed by atoms with Crippen molar-refractivity contribution in [1.82, 2.24) is 4.90 Å². The summed E-state index contributed by atoms with van der Waals surface area (Å²) in [7, 11) is 3.84. The largest absolute Gasteiger partial charge is 0.493 e. The smallest absolute Gasteiger partial charge is 0.161 e. The maximum Gasteiger partial charge on any atom is 0.161 e. The Hall–Kier alpha value is -2.00. The van der Waals surface area contributed by atoms with Crippen LogP contribution in [0.25, 0.3) is 0 Å². The van der Waals surface area contributed by atoms with Gasteiger partial charge in [0.15, 0.2) is 11.5 Å². The number of nitrogens with zero attached hydrogens (tertiary/aromatic N) is 1. The van der Waals surface area contributed by atoms with Crippen LogP contribution in [0.1, 0.15) is 43.7 Å².